The van der Waals surface area contributed by atoms with E-state index in [4.69, 9.17) is 0 Å². The lowest BCUT2D eigenvalue weighted by molar-refractivity contribution is 0.670. The lowest BCUT2D eigenvalue weighted by atomic mass is 9.81. The molecule has 4 heterocycles. The van der Waals surface area contributed by atoms with Gasteiger partial charge in [0, 0.05) is 39.0 Å². The van der Waals surface area contributed by atoms with Crippen LogP contribution in [0, 0.1) is 0 Å². The number of benzene rings is 8. The molecule has 0 atom stereocenters. The summed E-state index contributed by atoms with van der Waals surface area (Å²) in [5.41, 5.74) is 2.60. The largest absolute Gasteiger partial charge is 0.139 e. The van der Waals surface area contributed by atoms with Crippen LogP contribution in [0.2, 0.25) is 0 Å². The number of hydrogen-bond donors (Lipinski definition) is 0. The fourth-order valence-corrected chi connectivity index (χ4v) is 14.7. The molecule has 12 rings (SSSR count). The number of aryl methyl sites for hydroxylation is 2. The van der Waals surface area contributed by atoms with Crippen LogP contribution in [0.5, 0.6) is 0 Å². The molecule has 0 spiro atoms. The Morgan fingerprint density at radius 1 is 0.290 bits per heavy atom. The highest BCUT2D eigenvalue weighted by Crippen LogP contribution is 2.51. The third-order valence-corrected chi connectivity index (χ3v) is 18.4. The average molecular weight is 873 g/mol. The molecular formula is C58H48S4. The molecule has 0 amide bonds. The summed E-state index contributed by atoms with van der Waals surface area (Å²) in [5.74, 6) is 0. The molecule has 0 saturated carbocycles. The van der Waals surface area contributed by atoms with Crippen LogP contribution >= 0.6 is 45.3 Å². The number of thiophene rings is 4. The van der Waals surface area contributed by atoms with Crippen molar-refractivity contribution in [1.82, 2.24) is 0 Å². The van der Waals surface area contributed by atoms with Gasteiger partial charge in [0.15, 0.2) is 0 Å². The molecule has 0 bridgehead atoms. The Hall–Kier alpha value is -5.10. The van der Waals surface area contributed by atoms with Crippen LogP contribution in [0.4, 0.5) is 0 Å². The fourth-order valence-electron chi connectivity index (χ4n) is 10.4. The van der Waals surface area contributed by atoms with Gasteiger partial charge in [0.1, 0.15) is 0 Å². The third-order valence-electron chi connectivity index (χ3n) is 13.5. The Labute approximate surface area is 379 Å². The van der Waals surface area contributed by atoms with Crippen LogP contribution in [-0.2, 0) is 12.8 Å². The first kappa shape index (κ1) is 38.6. The molecule has 0 unspecified atom stereocenters. The summed E-state index contributed by atoms with van der Waals surface area (Å²) in [6.45, 7) is 4.57. The molecule has 0 aliphatic heterocycles. The molecule has 0 saturated heterocycles. The average Bonchev–Trinajstić information content (AvgIpc) is 4.17. The van der Waals surface area contributed by atoms with E-state index in [-0.39, 0.29) is 0 Å². The van der Waals surface area contributed by atoms with Gasteiger partial charge in [-0.2, -0.15) is 0 Å². The second kappa shape index (κ2) is 15.9. The topological polar surface area (TPSA) is 0 Å². The maximum Gasteiger partial charge on any atom is 0.0449 e. The smallest absolute Gasteiger partial charge is 0.0449 e. The molecule has 0 N–H and O–H groups in total. The van der Waals surface area contributed by atoms with Crippen molar-refractivity contribution in [3.05, 3.63) is 143 Å². The summed E-state index contributed by atoms with van der Waals surface area (Å²) in [4.78, 5) is 11.2. The van der Waals surface area contributed by atoms with E-state index < -0.39 is 0 Å². The molecule has 12 aromatic rings. The Morgan fingerprint density at radius 2 is 0.661 bits per heavy atom. The van der Waals surface area contributed by atoms with Gasteiger partial charge >= 0.3 is 0 Å². The monoisotopic (exact) mass is 872 g/mol. The first-order chi connectivity index (χ1) is 30.6. The Bertz CT molecular complexity index is 3330. The molecular weight excluding hydrogens is 825 g/mol. The quantitative estimate of drug-likeness (QED) is 0.0580. The van der Waals surface area contributed by atoms with Crippen LogP contribution in [-0.4, -0.2) is 0 Å². The summed E-state index contributed by atoms with van der Waals surface area (Å²) in [6, 6.07) is 52.1. The molecule has 4 aromatic heterocycles. The van der Waals surface area contributed by atoms with Crippen molar-refractivity contribution in [2.75, 3.05) is 0 Å². The van der Waals surface area contributed by atoms with E-state index >= 15 is 0 Å². The molecule has 304 valence electrons. The minimum absolute atomic E-state index is 1.20. The van der Waals surface area contributed by atoms with Gasteiger partial charge in [-0.1, -0.05) is 125 Å². The summed E-state index contributed by atoms with van der Waals surface area (Å²) in [5, 5.41) is 19.1. The second-order valence-corrected chi connectivity index (χ2v) is 21.9. The highest BCUT2D eigenvalue weighted by atomic mass is 32.1. The van der Waals surface area contributed by atoms with Gasteiger partial charge in [-0.05, 0) is 173 Å². The van der Waals surface area contributed by atoms with E-state index in [1.807, 2.05) is 45.3 Å². The van der Waals surface area contributed by atoms with Gasteiger partial charge in [-0.3, -0.25) is 0 Å². The minimum atomic E-state index is 1.20. The fraction of sp³-hybridized carbons (Fsp3) is 0.207. The first-order valence-corrected chi connectivity index (χ1v) is 26.0. The molecule has 4 heteroatoms. The predicted octanol–water partition coefficient (Wildman–Crippen LogP) is 19.8. The van der Waals surface area contributed by atoms with Crippen molar-refractivity contribution in [1.29, 1.82) is 0 Å². The van der Waals surface area contributed by atoms with Crippen molar-refractivity contribution < 1.29 is 0 Å². The number of unbranched alkanes of at least 4 members (excludes halogenated alkanes) is 6. The predicted molar refractivity (Wildman–Crippen MR) is 280 cm³/mol. The van der Waals surface area contributed by atoms with E-state index in [1.54, 1.807) is 0 Å². The highest BCUT2D eigenvalue weighted by Gasteiger charge is 2.22. The van der Waals surface area contributed by atoms with Crippen LogP contribution in [0.3, 0.4) is 0 Å². The van der Waals surface area contributed by atoms with E-state index in [0.717, 1.165) is 0 Å². The molecule has 0 aliphatic rings. The van der Waals surface area contributed by atoms with Gasteiger partial charge in [0.25, 0.3) is 0 Å². The van der Waals surface area contributed by atoms with Gasteiger partial charge in [0.05, 0.1) is 0 Å². The molecule has 0 nitrogen and oxygen atoms in total. The highest BCUT2D eigenvalue weighted by molar-refractivity contribution is 7.24. The van der Waals surface area contributed by atoms with E-state index in [9.17, 15) is 0 Å². The maximum atomic E-state index is 2.47. The minimum Gasteiger partial charge on any atom is -0.139 e. The summed E-state index contributed by atoms with van der Waals surface area (Å²) in [7, 11) is 0. The number of hydrogen-bond acceptors (Lipinski definition) is 4. The van der Waals surface area contributed by atoms with E-state index in [0.29, 0.717) is 0 Å². The Kier molecular flexibility index (Phi) is 9.90. The lowest BCUT2D eigenvalue weighted by Gasteiger charge is -2.22. The van der Waals surface area contributed by atoms with Gasteiger partial charge in [-0.15, -0.1) is 45.3 Å². The molecule has 62 heavy (non-hydrogen) atoms. The van der Waals surface area contributed by atoms with Gasteiger partial charge in [0.2, 0.25) is 0 Å². The number of rotatable bonds is 14. The van der Waals surface area contributed by atoms with Crippen molar-refractivity contribution in [2.45, 2.75) is 78.1 Å². The van der Waals surface area contributed by atoms with Gasteiger partial charge in [-0.25, -0.2) is 0 Å². The zero-order valence-corrected chi connectivity index (χ0v) is 38.7. The molecule has 8 aromatic carbocycles. The first-order valence-electron chi connectivity index (χ1n) is 22.8. The molecule has 0 radical (unpaired) electrons. The Balaban J connectivity index is 0.953. The van der Waals surface area contributed by atoms with Crippen LogP contribution in [0.15, 0.2) is 133 Å². The van der Waals surface area contributed by atoms with Crippen LogP contribution in [0.1, 0.15) is 75.0 Å². The number of fused-ring (bicyclic) bond motifs is 7. The van der Waals surface area contributed by atoms with E-state index in [2.05, 4.69) is 147 Å². The summed E-state index contributed by atoms with van der Waals surface area (Å²) in [6.07, 6.45) is 12.9. The third kappa shape index (κ3) is 6.40. The van der Waals surface area contributed by atoms with Crippen molar-refractivity contribution in [2.24, 2.45) is 0 Å². The normalized spacial score (nSPS) is 12.4. The lowest BCUT2D eigenvalue weighted by Crippen LogP contribution is -1.93. The maximum absolute atomic E-state index is 2.47. The Morgan fingerprint density at radius 3 is 1.11 bits per heavy atom. The van der Waals surface area contributed by atoms with Crippen LogP contribution in [0.25, 0.3) is 116 Å². The standard InChI is InChI=1S/C58H48S4/c1-3-5-7-9-13-37-21-27-51(59-37)53-31-29-49(61-53)35-19-23-39-45-25-26-46-40-24-20-36(50-30-32-54(62-50)52-28-22-38(60-52)14-10-8-6-4-2)34-48(40)44-18-12-16-42-41-15-11-17-43(47(39)33-35)55(41)57(45)58(46)56(42)44/h11-12,15-34H,3-10,13-14H2,1-2H3. The van der Waals surface area contributed by atoms with Crippen molar-refractivity contribution >= 4 is 121 Å². The zero-order chi connectivity index (χ0) is 41.3. The van der Waals surface area contributed by atoms with Crippen molar-refractivity contribution in [3.63, 3.8) is 0 Å². The molecule has 0 fully saturated rings. The van der Waals surface area contributed by atoms with Crippen LogP contribution < -0.4 is 0 Å². The zero-order valence-electron chi connectivity index (χ0n) is 35.4. The van der Waals surface area contributed by atoms with Crippen molar-refractivity contribution in [3.8, 4) is 40.4 Å². The van der Waals surface area contributed by atoms with E-state index in [1.165, 1.54) is 190 Å². The molecule has 0 aliphatic carbocycles. The summed E-state index contributed by atoms with van der Waals surface area (Å²) < 4.78 is 0. The van der Waals surface area contributed by atoms with Gasteiger partial charge < -0.3 is 0 Å². The summed E-state index contributed by atoms with van der Waals surface area (Å²) >= 11 is 7.82. The SMILES string of the molecule is CCCCCCc1ccc(-c2ccc(-c3ccc4c(c3)c3cccc5c6cccc7c8cc(-c9ccc(-c%10ccc(CCCCCC)s%10)s9)ccc8c8ccc4c(c35)c8c76)s2)s1. The second-order valence-electron chi connectivity index (χ2n) is 17.4.